The molecule has 1 aliphatic heterocycles. The largest absolute Gasteiger partial charge is 0.351 e. The summed E-state index contributed by atoms with van der Waals surface area (Å²) in [7, 11) is -3.75. The van der Waals surface area contributed by atoms with Crippen molar-refractivity contribution in [3.8, 4) is 0 Å². The number of anilines is 2. The highest BCUT2D eigenvalue weighted by atomic mass is 32.2. The van der Waals surface area contributed by atoms with Gasteiger partial charge < -0.3 is 10.2 Å². The Balaban J connectivity index is 1.11. The molecule has 0 saturated carbocycles. The van der Waals surface area contributed by atoms with Gasteiger partial charge in [0.15, 0.2) is 5.13 Å². The maximum atomic E-state index is 14.0. The number of amides is 1. The second kappa shape index (κ2) is 11.1. The summed E-state index contributed by atoms with van der Waals surface area (Å²) in [6.07, 6.45) is 0. The number of benzene rings is 3. The molecule has 0 spiro atoms. The average Bonchev–Trinajstić information content (AvgIpc) is 3.35. The van der Waals surface area contributed by atoms with Crippen LogP contribution in [-0.2, 0) is 10.0 Å². The van der Waals surface area contributed by atoms with Crippen molar-refractivity contribution in [3.05, 3.63) is 83.7 Å². The molecule has 11 heteroatoms. The van der Waals surface area contributed by atoms with Crippen LogP contribution >= 0.6 is 11.3 Å². The molecule has 0 bridgehead atoms. The molecule has 1 aliphatic rings. The number of sulfonamides is 1. The van der Waals surface area contributed by atoms with E-state index < -0.39 is 10.0 Å². The number of halogens is 1. The third-order valence-corrected chi connectivity index (χ3v) is 8.90. The third kappa shape index (κ3) is 5.95. The number of rotatable bonds is 8. The first-order valence-electron chi connectivity index (χ1n) is 12.3. The highest BCUT2D eigenvalue weighted by Crippen LogP contribution is 2.30. The van der Waals surface area contributed by atoms with Gasteiger partial charge in [-0.25, -0.2) is 17.8 Å². The molecule has 0 aliphatic carbocycles. The highest BCUT2D eigenvalue weighted by Gasteiger charge is 2.21. The number of hydrogen-bond donors (Lipinski definition) is 2. The molecule has 198 valence electrons. The van der Waals surface area contributed by atoms with Gasteiger partial charge in [-0.3, -0.25) is 14.4 Å². The molecule has 2 heterocycles. The minimum Gasteiger partial charge on any atom is -0.351 e. The van der Waals surface area contributed by atoms with Gasteiger partial charge in [-0.05, 0) is 49.4 Å². The van der Waals surface area contributed by atoms with Crippen LogP contribution in [0.25, 0.3) is 10.2 Å². The van der Waals surface area contributed by atoms with E-state index in [1.165, 1.54) is 23.5 Å². The quantitative estimate of drug-likeness (QED) is 0.341. The standard InChI is InChI=1S/C27H28FN5O3S2/c1-19-8-10-22(11-9-19)38(35,36)31-21-5-2-4-20(18-21)26(34)29-12-13-32-14-16-33(17-15-32)27-30-25-23(28)6-3-7-24(25)37-27/h2-11,18,31H,12-17H2,1H3,(H,29,34). The number of fused-ring (bicyclic) bond motifs is 1. The first-order valence-corrected chi connectivity index (χ1v) is 14.6. The number of para-hydroxylation sites is 1. The number of nitrogens with one attached hydrogen (secondary N) is 2. The van der Waals surface area contributed by atoms with E-state index in [2.05, 4.69) is 24.8 Å². The van der Waals surface area contributed by atoms with Crippen molar-refractivity contribution in [2.75, 3.05) is 48.9 Å². The van der Waals surface area contributed by atoms with E-state index in [-0.39, 0.29) is 16.6 Å². The van der Waals surface area contributed by atoms with Gasteiger partial charge in [0.1, 0.15) is 11.3 Å². The van der Waals surface area contributed by atoms with Gasteiger partial charge in [-0.1, -0.05) is 41.2 Å². The Hall–Kier alpha value is -3.54. The summed E-state index contributed by atoms with van der Waals surface area (Å²) >= 11 is 1.50. The van der Waals surface area contributed by atoms with Crippen LogP contribution in [0.3, 0.4) is 0 Å². The van der Waals surface area contributed by atoms with Crippen molar-refractivity contribution < 1.29 is 17.6 Å². The summed E-state index contributed by atoms with van der Waals surface area (Å²) in [5.41, 5.74) is 2.09. The molecule has 0 unspecified atom stereocenters. The van der Waals surface area contributed by atoms with Crippen molar-refractivity contribution in [2.24, 2.45) is 0 Å². The summed E-state index contributed by atoms with van der Waals surface area (Å²) in [4.78, 5) is 21.8. The molecule has 1 amide bonds. The van der Waals surface area contributed by atoms with E-state index in [1.54, 1.807) is 48.5 Å². The number of aryl methyl sites for hydroxylation is 1. The lowest BCUT2D eigenvalue weighted by molar-refractivity contribution is 0.0948. The molecule has 4 aromatic rings. The van der Waals surface area contributed by atoms with Gasteiger partial charge in [-0.2, -0.15) is 0 Å². The van der Waals surface area contributed by atoms with Gasteiger partial charge in [0.2, 0.25) is 0 Å². The number of aromatic nitrogens is 1. The molecule has 1 aromatic heterocycles. The first-order chi connectivity index (χ1) is 18.3. The third-order valence-electron chi connectivity index (χ3n) is 6.42. The van der Waals surface area contributed by atoms with Gasteiger partial charge in [0, 0.05) is 50.5 Å². The van der Waals surface area contributed by atoms with Crippen LogP contribution in [-0.4, -0.2) is 63.5 Å². The molecule has 3 aromatic carbocycles. The molecule has 0 radical (unpaired) electrons. The molecule has 2 N–H and O–H groups in total. The highest BCUT2D eigenvalue weighted by molar-refractivity contribution is 7.92. The SMILES string of the molecule is Cc1ccc(S(=O)(=O)Nc2cccc(C(=O)NCCN3CCN(c4nc5c(F)cccc5s4)CC3)c2)cc1. The lowest BCUT2D eigenvalue weighted by Gasteiger charge is -2.34. The Kier molecular flexibility index (Phi) is 7.59. The predicted molar refractivity (Wildman–Crippen MR) is 149 cm³/mol. The van der Waals surface area contributed by atoms with Gasteiger partial charge in [0.25, 0.3) is 15.9 Å². The van der Waals surface area contributed by atoms with E-state index >= 15 is 0 Å². The number of thiazole rings is 1. The van der Waals surface area contributed by atoms with Crippen LogP contribution in [0.1, 0.15) is 15.9 Å². The molecule has 38 heavy (non-hydrogen) atoms. The van der Waals surface area contributed by atoms with Crippen LogP contribution in [0.5, 0.6) is 0 Å². The molecular weight excluding hydrogens is 525 g/mol. The Labute approximate surface area is 225 Å². The molecule has 5 rings (SSSR count). The Morgan fingerprint density at radius 2 is 1.76 bits per heavy atom. The second-order valence-corrected chi connectivity index (χ2v) is 11.9. The molecule has 1 fully saturated rings. The Bertz CT molecular complexity index is 1550. The monoisotopic (exact) mass is 553 g/mol. The van der Waals surface area contributed by atoms with Crippen LogP contribution in [0.2, 0.25) is 0 Å². The van der Waals surface area contributed by atoms with Crippen molar-refractivity contribution >= 4 is 48.3 Å². The van der Waals surface area contributed by atoms with E-state index in [1.807, 2.05) is 13.0 Å². The smallest absolute Gasteiger partial charge is 0.261 e. The summed E-state index contributed by atoms with van der Waals surface area (Å²) in [6, 6.07) is 18.0. The van der Waals surface area contributed by atoms with E-state index in [0.29, 0.717) is 29.9 Å². The van der Waals surface area contributed by atoms with Gasteiger partial charge >= 0.3 is 0 Å². The summed E-state index contributed by atoms with van der Waals surface area (Å²) in [6.45, 7) is 6.21. The minimum absolute atomic E-state index is 0.161. The summed E-state index contributed by atoms with van der Waals surface area (Å²) in [5.74, 6) is -0.565. The van der Waals surface area contributed by atoms with Crippen LogP contribution < -0.4 is 14.9 Å². The van der Waals surface area contributed by atoms with E-state index in [4.69, 9.17) is 0 Å². The number of nitrogens with zero attached hydrogens (tertiary/aromatic N) is 3. The lowest BCUT2D eigenvalue weighted by atomic mass is 10.2. The molecule has 1 saturated heterocycles. The number of carbonyl (C=O) groups is 1. The van der Waals surface area contributed by atoms with Crippen molar-refractivity contribution in [1.82, 2.24) is 15.2 Å². The molecule has 8 nitrogen and oxygen atoms in total. The Morgan fingerprint density at radius 1 is 1.03 bits per heavy atom. The fraction of sp³-hybridized carbons (Fsp3) is 0.259. The topological polar surface area (TPSA) is 94.6 Å². The van der Waals surface area contributed by atoms with Crippen LogP contribution in [0, 0.1) is 12.7 Å². The molecular formula is C27H28FN5O3S2. The maximum Gasteiger partial charge on any atom is 0.261 e. The van der Waals surface area contributed by atoms with Crippen molar-refractivity contribution in [2.45, 2.75) is 11.8 Å². The summed E-state index contributed by atoms with van der Waals surface area (Å²) < 4.78 is 42.7. The van der Waals surface area contributed by atoms with Crippen molar-refractivity contribution in [1.29, 1.82) is 0 Å². The van der Waals surface area contributed by atoms with Gasteiger partial charge in [0.05, 0.1) is 9.60 Å². The van der Waals surface area contributed by atoms with E-state index in [9.17, 15) is 17.6 Å². The molecule has 0 atom stereocenters. The number of carbonyl (C=O) groups excluding carboxylic acids is 1. The fourth-order valence-electron chi connectivity index (χ4n) is 4.29. The zero-order valence-electron chi connectivity index (χ0n) is 20.9. The number of piperazine rings is 1. The average molecular weight is 554 g/mol. The van der Waals surface area contributed by atoms with Gasteiger partial charge in [-0.15, -0.1) is 0 Å². The zero-order valence-corrected chi connectivity index (χ0v) is 22.5. The lowest BCUT2D eigenvalue weighted by Crippen LogP contribution is -2.48. The predicted octanol–water partition coefficient (Wildman–Crippen LogP) is 4.10. The second-order valence-electron chi connectivity index (χ2n) is 9.17. The normalized spacial score (nSPS) is 14.5. The van der Waals surface area contributed by atoms with Crippen molar-refractivity contribution in [3.63, 3.8) is 0 Å². The maximum absolute atomic E-state index is 14.0. The van der Waals surface area contributed by atoms with Crippen LogP contribution in [0.4, 0.5) is 15.2 Å². The fourth-order valence-corrected chi connectivity index (χ4v) is 6.37. The Morgan fingerprint density at radius 3 is 2.50 bits per heavy atom. The minimum atomic E-state index is -3.75. The summed E-state index contributed by atoms with van der Waals surface area (Å²) in [5, 5.41) is 3.75. The number of hydrogen-bond acceptors (Lipinski definition) is 7. The van der Waals surface area contributed by atoms with Crippen LogP contribution in [0.15, 0.2) is 71.6 Å². The zero-order chi connectivity index (χ0) is 26.7. The first kappa shape index (κ1) is 26.1. The van der Waals surface area contributed by atoms with E-state index in [0.717, 1.165) is 41.6 Å².